The molecule has 4 aliphatic rings. The summed E-state index contributed by atoms with van der Waals surface area (Å²) in [5.74, 6) is 1.90. The van der Waals surface area contributed by atoms with E-state index in [2.05, 4.69) is 28.5 Å². The van der Waals surface area contributed by atoms with Gasteiger partial charge in [0.05, 0.1) is 30.9 Å². The molecule has 0 saturated carbocycles. The molecule has 1 aromatic carbocycles. The Kier molecular flexibility index (Phi) is 2.68. The first-order valence-corrected chi connectivity index (χ1v) is 9.42. The van der Waals surface area contributed by atoms with Gasteiger partial charge in [-0.2, -0.15) is 0 Å². The number of benzene rings is 1. The summed E-state index contributed by atoms with van der Waals surface area (Å²) in [7, 11) is 1.74. The zero-order valence-electron chi connectivity index (χ0n) is 14.7. The van der Waals surface area contributed by atoms with E-state index in [9.17, 15) is 5.11 Å². The van der Waals surface area contributed by atoms with Crippen molar-refractivity contribution in [1.82, 2.24) is 9.47 Å². The lowest BCUT2D eigenvalue weighted by molar-refractivity contribution is -0.157. The topological polar surface area (TPSA) is 46.9 Å². The maximum Gasteiger partial charge on any atom is 0.143 e. The molecule has 2 aromatic rings. The molecule has 5 nitrogen and oxygen atoms in total. The molecule has 0 spiro atoms. The highest BCUT2D eigenvalue weighted by molar-refractivity contribution is 5.91. The first-order valence-electron chi connectivity index (χ1n) is 9.42. The molecule has 0 radical (unpaired) electrons. The van der Waals surface area contributed by atoms with Crippen LogP contribution in [0.2, 0.25) is 0 Å². The van der Waals surface area contributed by atoms with Crippen LogP contribution in [0.1, 0.15) is 30.8 Å². The standard InChI is InChI=1S/C20H24N2O3/c1-11-14-9-21-7-6-13-12-4-3-5-16(24-2)18(12)22-17(25-11)8-15(14)20(21,10-23)19(13)22/h3-5,11,14-15,17,23H,6-10H2,1-2H3/t11-,14-,15+,17+,20-/m1/s1. The summed E-state index contributed by atoms with van der Waals surface area (Å²) in [6, 6.07) is 6.32. The highest BCUT2D eigenvalue weighted by atomic mass is 16.5. The number of rotatable bonds is 2. The third-order valence-electron chi connectivity index (χ3n) is 7.44. The number of aromatic nitrogens is 1. The van der Waals surface area contributed by atoms with Crippen LogP contribution in [0.25, 0.3) is 10.9 Å². The van der Waals surface area contributed by atoms with Crippen LogP contribution >= 0.6 is 0 Å². The van der Waals surface area contributed by atoms with Crippen LogP contribution in [0, 0.1) is 11.8 Å². The van der Waals surface area contributed by atoms with Gasteiger partial charge in [-0.05, 0) is 37.3 Å². The van der Waals surface area contributed by atoms with E-state index in [1.165, 1.54) is 16.6 Å². The first kappa shape index (κ1) is 14.6. The van der Waals surface area contributed by atoms with Crippen LogP contribution in [0.5, 0.6) is 5.75 Å². The minimum absolute atomic E-state index is 0.0523. The molecule has 25 heavy (non-hydrogen) atoms. The van der Waals surface area contributed by atoms with Crippen molar-refractivity contribution in [3.63, 3.8) is 0 Å². The van der Waals surface area contributed by atoms with Gasteiger partial charge in [0, 0.05) is 30.1 Å². The molecule has 1 N–H and O–H groups in total. The molecule has 4 aliphatic heterocycles. The Labute approximate surface area is 147 Å². The second-order valence-electron chi connectivity index (χ2n) is 8.13. The summed E-state index contributed by atoms with van der Waals surface area (Å²) in [6.45, 7) is 4.47. The molecule has 0 amide bonds. The Morgan fingerprint density at radius 1 is 1.40 bits per heavy atom. The number of aliphatic hydroxyl groups is 1. The van der Waals surface area contributed by atoms with E-state index in [1.54, 1.807) is 7.11 Å². The Morgan fingerprint density at radius 2 is 2.28 bits per heavy atom. The van der Waals surface area contributed by atoms with E-state index in [0.717, 1.165) is 37.2 Å². The Balaban J connectivity index is 1.78. The molecule has 1 aromatic heterocycles. The van der Waals surface area contributed by atoms with Crippen LogP contribution in [0.3, 0.4) is 0 Å². The van der Waals surface area contributed by atoms with Crippen LogP contribution in [0.15, 0.2) is 18.2 Å². The van der Waals surface area contributed by atoms with Crippen molar-refractivity contribution >= 4 is 10.9 Å². The monoisotopic (exact) mass is 340 g/mol. The maximum absolute atomic E-state index is 10.7. The van der Waals surface area contributed by atoms with Crippen molar-refractivity contribution in [1.29, 1.82) is 0 Å². The van der Waals surface area contributed by atoms with Gasteiger partial charge in [0.2, 0.25) is 0 Å². The molecule has 5 heteroatoms. The second-order valence-corrected chi connectivity index (χ2v) is 8.13. The van der Waals surface area contributed by atoms with Crippen LogP contribution < -0.4 is 4.74 Å². The fourth-order valence-electron chi connectivity index (χ4n) is 6.50. The Morgan fingerprint density at radius 3 is 3.08 bits per heavy atom. The SMILES string of the molecule is COc1cccc2c3c4n(c12)[C@@H]1C[C@H]2[C@H](CN(CC3)[C@@]42CO)[C@@H](C)O1. The lowest BCUT2D eigenvalue weighted by Crippen LogP contribution is -2.57. The predicted octanol–water partition coefficient (Wildman–Crippen LogP) is 2.26. The average molecular weight is 340 g/mol. The molecular weight excluding hydrogens is 316 g/mol. The van der Waals surface area contributed by atoms with E-state index in [0.29, 0.717) is 11.8 Å². The van der Waals surface area contributed by atoms with E-state index < -0.39 is 0 Å². The third-order valence-corrected chi connectivity index (χ3v) is 7.44. The summed E-state index contributed by atoms with van der Waals surface area (Å²) in [5, 5.41) is 11.9. The zero-order chi connectivity index (χ0) is 16.9. The van der Waals surface area contributed by atoms with Gasteiger partial charge in [-0.25, -0.2) is 0 Å². The molecule has 2 saturated heterocycles. The molecule has 132 valence electrons. The van der Waals surface area contributed by atoms with E-state index >= 15 is 0 Å². The lowest BCUT2D eigenvalue weighted by Gasteiger charge is -2.53. The minimum Gasteiger partial charge on any atom is -0.495 e. The number of hydrogen-bond acceptors (Lipinski definition) is 4. The number of nitrogens with zero attached hydrogens (tertiary/aromatic N) is 2. The maximum atomic E-state index is 10.7. The lowest BCUT2D eigenvalue weighted by atomic mass is 9.68. The van der Waals surface area contributed by atoms with Gasteiger partial charge in [0.1, 0.15) is 12.0 Å². The predicted molar refractivity (Wildman–Crippen MR) is 93.7 cm³/mol. The fraction of sp³-hybridized carbons (Fsp3) is 0.600. The average Bonchev–Trinajstić information content (AvgIpc) is 3.15. The molecule has 5 heterocycles. The van der Waals surface area contributed by atoms with Crippen LogP contribution in [-0.2, 0) is 16.7 Å². The quantitative estimate of drug-likeness (QED) is 0.911. The van der Waals surface area contributed by atoms with Crippen LogP contribution in [0.4, 0.5) is 0 Å². The normalized spacial score (nSPS) is 38.4. The van der Waals surface area contributed by atoms with Crippen molar-refractivity contribution < 1.29 is 14.6 Å². The van der Waals surface area contributed by atoms with Gasteiger partial charge < -0.3 is 19.1 Å². The summed E-state index contributed by atoms with van der Waals surface area (Å²) < 4.78 is 14.6. The van der Waals surface area contributed by atoms with Crippen molar-refractivity contribution in [3.8, 4) is 5.75 Å². The number of aliphatic hydroxyl groups excluding tert-OH is 1. The smallest absolute Gasteiger partial charge is 0.143 e. The largest absolute Gasteiger partial charge is 0.495 e. The molecule has 0 unspecified atom stereocenters. The molecule has 5 atom stereocenters. The van der Waals surface area contributed by atoms with E-state index in [1.807, 2.05) is 6.07 Å². The summed E-state index contributed by atoms with van der Waals surface area (Å²) in [6.07, 6.45) is 2.30. The number of ether oxygens (including phenoxy) is 2. The van der Waals surface area contributed by atoms with Gasteiger partial charge in [-0.3, -0.25) is 4.90 Å². The fourth-order valence-corrected chi connectivity index (χ4v) is 6.50. The van der Waals surface area contributed by atoms with Gasteiger partial charge >= 0.3 is 0 Å². The first-order chi connectivity index (χ1) is 12.2. The van der Waals surface area contributed by atoms with Crippen molar-refractivity contribution in [3.05, 3.63) is 29.5 Å². The highest BCUT2D eigenvalue weighted by Gasteiger charge is 2.64. The van der Waals surface area contributed by atoms with E-state index in [-0.39, 0.29) is 24.5 Å². The number of hydrogen-bond donors (Lipinski definition) is 1. The summed E-state index contributed by atoms with van der Waals surface area (Å²) in [4.78, 5) is 2.55. The molecule has 6 rings (SSSR count). The summed E-state index contributed by atoms with van der Waals surface area (Å²) >= 11 is 0. The van der Waals surface area contributed by atoms with Gasteiger partial charge in [-0.15, -0.1) is 0 Å². The number of para-hydroxylation sites is 1. The summed E-state index contributed by atoms with van der Waals surface area (Å²) in [5.41, 5.74) is 3.60. The van der Waals surface area contributed by atoms with Crippen LogP contribution in [-0.4, -0.2) is 47.5 Å². The number of methoxy groups -OCH3 is 1. The van der Waals surface area contributed by atoms with Crippen molar-refractivity contribution in [2.24, 2.45) is 11.8 Å². The number of fused-ring (bicyclic) bond motifs is 5. The van der Waals surface area contributed by atoms with Crippen molar-refractivity contribution in [2.75, 3.05) is 26.8 Å². The second kappa shape index (κ2) is 4.58. The van der Waals surface area contributed by atoms with Gasteiger partial charge in [0.15, 0.2) is 0 Å². The van der Waals surface area contributed by atoms with Gasteiger partial charge in [-0.1, -0.05) is 12.1 Å². The highest BCUT2D eigenvalue weighted by Crippen LogP contribution is 2.61. The molecular formula is C20H24N2O3. The Bertz CT molecular complexity index is 891. The van der Waals surface area contributed by atoms with E-state index in [4.69, 9.17) is 9.47 Å². The minimum atomic E-state index is -0.239. The third kappa shape index (κ3) is 1.45. The Hall–Kier alpha value is -1.56. The molecule has 2 bridgehead atoms. The van der Waals surface area contributed by atoms with Crippen molar-refractivity contribution in [2.45, 2.75) is 37.6 Å². The molecule has 2 fully saturated rings. The molecule has 0 aliphatic carbocycles. The van der Waals surface area contributed by atoms with Gasteiger partial charge in [0.25, 0.3) is 0 Å². The zero-order valence-corrected chi connectivity index (χ0v) is 14.7.